The average molecular weight is 318 g/mol. The van der Waals surface area contributed by atoms with E-state index >= 15 is 0 Å². The third kappa shape index (κ3) is 7.33. The van der Waals surface area contributed by atoms with Crippen LogP contribution in [-0.4, -0.2) is 71.6 Å². The number of carboxylic acids is 1. The fourth-order valence-electron chi connectivity index (χ4n) is 1.92. The molecule has 0 aromatic heterocycles. The number of carbonyl (C=O) groups excluding carboxylic acids is 2. The molecule has 120 valence electrons. The fraction of sp³-hybridized carbons (Fsp3) is 0.769. The van der Waals surface area contributed by atoms with E-state index in [4.69, 9.17) is 9.84 Å². The minimum absolute atomic E-state index is 0.121. The van der Waals surface area contributed by atoms with E-state index in [0.29, 0.717) is 50.7 Å². The number of amides is 2. The van der Waals surface area contributed by atoms with Crippen LogP contribution in [0.1, 0.15) is 19.8 Å². The lowest BCUT2D eigenvalue weighted by Gasteiger charge is -2.26. The zero-order valence-electron chi connectivity index (χ0n) is 12.2. The molecule has 1 heterocycles. The molecule has 1 saturated heterocycles. The zero-order chi connectivity index (χ0) is 15.7. The molecular formula is C13H22N2O5S. The van der Waals surface area contributed by atoms with Gasteiger partial charge >= 0.3 is 5.97 Å². The summed E-state index contributed by atoms with van der Waals surface area (Å²) in [5.74, 6) is -0.275. The first-order chi connectivity index (χ1) is 10.0. The smallest absolute Gasteiger partial charge is 0.327 e. The summed E-state index contributed by atoms with van der Waals surface area (Å²) in [7, 11) is 0. The molecule has 1 aliphatic rings. The van der Waals surface area contributed by atoms with Crippen LogP contribution in [0.4, 0.5) is 0 Å². The number of aliphatic carboxylic acids is 1. The van der Waals surface area contributed by atoms with Crippen molar-refractivity contribution in [2.45, 2.75) is 25.8 Å². The van der Waals surface area contributed by atoms with Crippen LogP contribution in [0.3, 0.4) is 0 Å². The number of thioether (sulfide) groups is 1. The van der Waals surface area contributed by atoms with Crippen molar-refractivity contribution in [1.29, 1.82) is 0 Å². The van der Waals surface area contributed by atoms with Gasteiger partial charge in [0.15, 0.2) is 0 Å². The lowest BCUT2D eigenvalue weighted by Crippen LogP contribution is -2.41. The summed E-state index contributed by atoms with van der Waals surface area (Å²) in [6, 6.07) is -0.873. The summed E-state index contributed by atoms with van der Waals surface area (Å²) in [4.78, 5) is 35.4. The molecule has 8 heteroatoms. The number of ether oxygens (including phenoxy) is 1. The van der Waals surface area contributed by atoms with Gasteiger partial charge in [-0.15, -0.1) is 0 Å². The van der Waals surface area contributed by atoms with E-state index in [9.17, 15) is 14.4 Å². The standard InChI is InChI=1S/C13H22N2O5S/c1-10(16)14-11(13(18)19)9-21-8-2-3-12(17)15-4-6-20-7-5-15/h11H,2-9H2,1H3,(H,14,16)(H,18,19). The molecule has 0 saturated carbocycles. The Morgan fingerprint density at radius 3 is 2.57 bits per heavy atom. The highest BCUT2D eigenvalue weighted by Gasteiger charge is 2.19. The quantitative estimate of drug-likeness (QED) is 0.609. The van der Waals surface area contributed by atoms with Crippen LogP contribution < -0.4 is 5.32 Å². The number of rotatable bonds is 8. The second kappa shape index (κ2) is 9.62. The Labute approximate surface area is 128 Å². The molecule has 0 radical (unpaired) electrons. The van der Waals surface area contributed by atoms with Gasteiger partial charge in [0.05, 0.1) is 13.2 Å². The van der Waals surface area contributed by atoms with Crippen LogP contribution >= 0.6 is 11.8 Å². The van der Waals surface area contributed by atoms with Crippen LogP contribution in [0.15, 0.2) is 0 Å². The predicted molar refractivity (Wildman–Crippen MR) is 79.2 cm³/mol. The molecule has 0 bridgehead atoms. The molecular weight excluding hydrogens is 296 g/mol. The minimum atomic E-state index is -1.04. The van der Waals surface area contributed by atoms with E-state index in [0.717, 1.165) is 0 Å². The number of nitrogens with zero attached hydrogens (tertiary/aromatic N) is 1. The molecule has 0 aromatic carbocycles. The maximum absolute atomic E-state index is 11.9. The van der Waals surface area contributed by atoms with E-state index in [1.165, 1.54) is 18.7 Å². The van der Waals surface area contributed by atoms with Crippen molar-refractivity contribution in [3.05, 3.63) is 0 Å². The van der Waals surface area contributed by atoms with E-state index < -0.39 is 12.0 Å². The Kier molecular flexibility index (Phi) is 8.14. The first kappa shape index (κ1) is 17.8. The van der Waals surface area contributed by atoms with Crippen molar-refractivity contribution in [1.82, 2.24) is 10.2 Å². The summed E-state index contributed by atoms with van der Waals surface area (Å²) < 4.78 is 5.19. The monoisotopic (exact) mass is 318 g/mol. The van der Waals surface area contributed by atoms with Gasteiger partial charge in [-0.3, -0.25) is 9.59 Å². The van der Waals surface area contributed by atoms with Crippen molar-refractivity contribution in [3.8, 4) is 0 Å². The molecule has 2 amide bonds. The summed E-state index contributed by atoms with van der Waals surface area (Å²) >= 11 is 1.43. The average Bonchev–Trinajstić information content (AvgIpc) is 2.45. The molecule has 0 aliphatic carbocycles. The number of hydrogen-bond acceptors (Lipinski definition) is 5. The van der Waals surface area contributed by atoms with Gasteiger partial charge in [0.1, 0.15) is 6.04 Å². The highest BCUT2D eigenvalue weighted by molar-refractivity contribution is 7.99. The SMILES string of the molecule is CC(=O)NC(CSCCCC(=O)N1CCOCC1)C(=O)O. The molecule has 1 fully saturated rings. The number of nitrogens with one attached hydrogen (secondary N) is 1. The lowest BCUT2D eigenvalue weighted by molar-refractivity contribution is -0.140. The van der Waals surface area contributed by atoms with E-state index in [1.807, 2.05) is 0 Å². The van der Waals surface area contributed by atoms with Crippen LogP contribution in [0.2, 0.25) is 0 Å². The normalized spacial score (nSPS) is 16.3. The lowest BCUT2D eigenvalue weighted by atomic mass is 10.3. The Morgan fingerprint density at radius 1 is 1.33 bits per heavy atom. The summed E-state index contributed by atoms with van der Waals surface area (Å²) in [5, 5.41) is 11.3. The molecule has 0 aromatic rings. The largest absolute Gasteiger partial charge is 0.480 e. The molecule has 1 atom stereocenters. The van der Waals surface area contributed by atoms with Gasteiger partial charge in [0.2, 0.25) is 11.8 Å². The van der Waals surface area contributed by atoms with Gasteiger partial charge in [-0.2, -0.15) is 11.8 Å². The van der Waals surface area contributed by atoms with Gasteiger partial charge in [-0.1, -0.05) is 0 Å². The van der Waals surface area contributed by atoms with E-state index in [1.54, 1.807) is 4.90 Å². The second-order valence-electron chi connectivity index (χ2n) is 4.76. The molecule has 21 heavy (non-hydrogen) atoms. The van der Waals surface area contributed by atoms with Crippen molar-refractivity contribution >= 4 is 29.5 Å². The summed E-state index contributed by atoms with van der Waals surface area (Å²) in [6.07, 6.45) is 1.16. The second-order valence-corrected chi connectivity index (χ2v) is 5.91. The predicted octanol–water partition coefficient (Wildman–Crippen LogP) is -0.0521. The van der Waals surface area contributed by atoms with Crippen LogP contribution in [0.25, 0.3) is 0 Å². The van der Waals surface area contributed by atoms with Gasteiger partial charge in [-0.25, -0.2) is 4.79 Å². The molecule has 7 nitrogen and oxygen atoms in total. The van der Waals surface area contributed by atoms with Crippen LogP contribution in [0.5, 0.6) is 0 Å². The van der Waals surface area contributed by atoms with Gasteiger partial charge < -0.3 is 20.1 Å². The zero-order valence-corrected chi connectivity index (χ0v) is 13.0. The Balaban J connectivity index is 2.13. The van der Waals surface area contributed by atoms with Crippen molar-refractivity contribution in [2.24, 2.45) is 0 Å². The van der Waals surface area contributed by atoms with Gasteiger partial charge in [0, 0.05) is 32.2 Å². The Morgan fingerprint density at radius 2 is 2.00 bits per heavy atom. The number of carbonyl (C=O) groups is 3. The Hall–Kier alpha value is -1.28. The topological polar surface area (TPSA) is 95.9 Å². The molecule has 0 spiro atoms. The fourth-order valence-corrected chi connectivity index (χ4v) is 2.89. The maximum atomic E-state index is 11.9. The highest BCUT2D eigenvalue weighted by atomic mass is 32.2. The number of morpholine rings is 1. The third-order valence-corrected chi connectivity index (χ3v) is 4.15. The molecule has 1 aliphatic heterocycles. The summed E-state index contributed by atoms with van der Waals surface area (Å²) in [5.41, 5.74) is 0. The molecule has 1 rings (SSSR count). The Bertz CT molecular complexity index is 372. The minimum Gasteiger partial charge on any atom is -0.480 e. The maximum Gasteiger partial charge on any atom is 0.327 e. The molecule has 2 N–H and O–H groups in total. The van der Waals surface area contributed by atoms with E-state index in [-0.39, 0.29) is 11.8 Å². The number of carboxylic acid groups (broad SMARTS) is 1. The summed E-state index contributed by atoms with van der Waals surface area (Å²) in [6.45, 7) is 3.78. The van der Waals surface area contributed by atoms with Crippen LogP contribution in [0, 0.1) is 0 Å². The third-order valence-electron chi connectivity index (χ3n) is 3.00. The first-order valence-electron chi connectivity index (χ1n) is 6.94. The first-order valence-corrected chi connectivity index (χ1v) is 8.09. The highest BCUT2D eigenvalue weighted by Crippen LogP contribution is 2.09. The van der Waals surface area contributed by atoms with Crippen molar-refractivity contribution in [3.63, 3.8) is 0 Å². The van der Waals surface area contributed by atoms with Crippen molar-refractivity contribution in [2.75, 3.05) is 37.8 Å². The van der Waals surface area contributed by atoms with Gasteiger partial charge in [-0.05, 0) is 12.2 Å². The molecule has 1 unspecified atom stereocenters. The van der Waals surface area contributed by atoms with E-state index in [2.05, 4.69) is 5.32 Å². The van der Waals surface area contributed by atoms with Gasteiger partial charge in [0.25, 0.3) is 0 Å². The number of hydrogen-bond donors (Lipinski definition) is 2. The van der Waals surface area contributed by atoms with Crippen LogP contribution in [-0.2, 0) is 19.1 Å². The van der Waals surface area contributed by atoms with Crippen molar-refractivity contribution < 1.29 is 24.2 Å².